The van der Waals surface area contributed by atoms with E-state index in [-0.39, 0.29) is 10.6 Å². The van der Waals surface area contributed by atoms with E-state index < -0.39 is 5.91 Å². The van der Waals surface area contributed by atoms with Gasteiger partial charge in [-0.15, -0.1) is 0 Å². The molecule has 0 fully saturated rings. The molecule has 2 aromatic carbocycles. The average molecular weight is 343 g/mol. The smallest absolute Gasteiger partial charge is 0.251 e. The number of ether oxygens (including phenoxy) is 2. The van der Waals surface area contributed by atoms with Crippen molar-refractivity contribution < 1.29 is 14.3 Å². The maximum Gasteiger partial charge on any atom is 0.251 e. The lowest BCUT2D eigenvalue weighted by atomic mass is 10.1. The van der Waals surface area contributed by atoms with Crippen molar-refractivity contribution in [2.75, 3.05) is 7.11 Å². The van der Waals surface area contributed by atoms with Gasteiger partial charge in [-0.1, -0.05) is 41.9 Å². The predicted octanol–water partition coefficient (Wildman–Crippen LogP) is 3.57. The molecular formula is C18H15ClN2O3. The maximum atomic E-state index is 11.4. The summed E-state index contributed by atoms with van der Waals surface area (Å²) in [6.07, 6.45) is 1.36. The lowest BCUT2D eigenvalue weighted by molar-refractivity contribution is 0.100. The van der Waals surface area contributed by atoms with Gasteiger partial charge in [-0.2, -0.15) is 0 Å². The van der Waals surface area contributed by atoms with Gasteiger partial charge in [-0.25, -0.2) is 0 Å². The molecule has 122 valence electrons. The van der Waals surface area contributed by atoms with E-state index in [1.807, 2.05) is 30.3 Å². The van der Waals surface area contributed by atoms with Gasteiger partial charge in [0.25, 0.3) is 5.91 Å². The van der Waals surface area contributed by atoms with Gasteiger partial charge in [0.15, 0.2) is 11.5 Å². The molecular weight excluding hydrogens is 328 g/mol. The zero-order chi connectivity index (χ0) is 17.1. The average Bonchev–Trinajstić information content (AvgIpc) is 2.60. The van der Waals surface area contributed by atoms with E-state index in [1.165, 1.54) is 13.3 Å². The minimum Gasteiger partial charge on any atom is -0.493 e. The summed E-state index contributed by atoms with van der Waals surface area (Å²) in [7, 11) is 1.54. The zero-order valence-electron chi connectivity index (χ0n) is 13.0. The fourth-order valence-corrected chi connectivity index (χ4v) is 2.64. The van der Waals surface area contributed by atoms with Crippen molar-refractivity contribution in [2.45, 2.75) is 6.61 Å². The first-order valence-electron chi connectivity index (χ1n) is 7.23. The SMILES string of the molecule is COc1cc2c(Cl)c(C(N)=O)cnc2cc1OCc1ccccc1. The number of carbonyl (C=O) groups excluding carboxylic acids is 1. The van der Waals surface area contributed by atoms with Crippen LogP contribution in [-0.2, 0) is 6.61 Å². The first-order valence-corrected chi connectivity index (χ1v) is 7.60. The molecule has 2 N–H and O–H groups in total. The number of primary amides is 1. The van der Waals surface area contributed by atoms with Crippen LogP contribution in [0, 0.1) is 0 Å². The van der Waals surface area contributed by atoms with E-state index in [9.17, 15) is 4.79 Å². The van der Waals surface area contributed by atoms with Gasteiger partial charge >= 0.3 is 0 Å². The lowest BCUT2D eigenvalue weighted by Crippen LogP contribution is -2.12. The Morgan fingerprint density at radius 3 is 2.62 bits per heavy atom. The summed E-state index contributed by atoms with van der Waals surface area (Å²) in [5, 5.41) is 0.831. The highest BCUT2D eigenvalue weighted by molar-refractivity contribution is 6.38. The van der Waals surface area contributed by atoms with Crippen molar-refractivity contribution in [3.63, 3.8) is 0 Å². The third-order valence-electron chi connectivity index (χ3n) is 3.59. The Kier molecular flexibility index (Phi) is 4.53. The van der Waals surface area contributed by atoms with Crippen LogP contribution >= 0.6 is 11.6 Å². The molecule has 5 nitrogen and oxygen atoms in total. The Morgan fingerprint density at radius 1 is 1.21 bits per heavy atom. The molecule has 1 amide bonds. The summed E-state index contributed by atoms with van der Waals surface area (Å²) in [5.41, 5.74) is 7.10. The lowest BCUT2D eigenvalue weighted by Gasteiger charge is -2.13. The van der Waals surface area contributed by atoms with Gasteiger partial charge in [-0.05, 0) is 11.6 Å². The first-order chi connectivity index (χ1) is 11.6. The van der Waals surface area contributed by atoms with E-state index in [1.54, 1.807) is 12.1 Å². The molecule has 0 aliphatic heterocycles. The Morgan fingerprint density at radius 2 is 1.96 bits per heavy atom. The molecule has 0 aliphatic carbocycles. The van der Waals surface area contributed by atoms with Crippen molar-refractivity contribution in [2.24, 2.45) is 5.73 Å². The molecule has 0 atom stereocenters. The van der Waals surface area contributed by atoms with Crippen LogP contribution in [0.25, 0.3) is 10.9 Å². The number of halogens is 1. The van der Waals surface area contributed by atoms with Gasteiger partial charge in [0.05, 0.1) is 23.2 Å². The highest BCUT2D eigenvalue weighted by Crippen LogP contribution is 2.36. The number of fused-ring (bicyclic) bond motifs is 1. The Hall–Kier alpha value is -2.79. The van der Waals surface area contributed by atoms with Gasteiger partial charge in [0.1, 0.15) is 6.61 Å². The number of benzene rings is 2. The number of hydrogen-bond donors (Lipinski definition) is 1. The van der Waals surface area contributed by atoms with Crippen LogP contribution in [0.2, 0.25) is 5.02 Å². The van der Waals surface area contributed by atoms with E-state index >= 15 is 0 Å². The summed E-state index contributed by atoms with van der Waals surface area (Å²) in [6, 6.07) is 13.2. The number of nitrogens with zero attached hydrogens (tertiary/aromatic N) is 1. The molecule has 6 heteroatoms. The number of pyridine rings is 1. The third-order valence-corrected chi connectivity index (χ3v) is 4.00. The van der Waals surface area contributed by atoms with Crippen LogP contribution < -0.4 is 15.2 Å². The van der Waals surface area contributed by atoms with Gasteiger partial charge in [0.2, 0.25) is 0 Å². The van der Waals surface area contributed by atoms with Crippen molar-refractivity contribution in [3.05, 3.63) is 64.8 Å². The Bertz CT molecular complexity index is 898. The van der Waals surface area contributed by atoms with Crippen LogP contribution in [0.1, 0.15) is 15.9 Å². The van der Waals surface area contributed by atoms with Gasteiger partial charge < -0.3 is 15.2 Å². The van der Waals surface area contributed by atoms with E-state index in [2.05, 4.69) is 4.98 Å². The van der Waals surface area contributed by atoms with E-state index in [0.717, 1.165) is 5.56 Å². The maximum absolute atomic E-state index is 11.4. The summed E-state index contributed by atoms with van der Waals surface area (Å²) >= 11 is 6.25. The Labute approximate surface area is 144 Å². The number of aromatic nitrogens is 1. The largest absolute Gasteiger partial charge is 0.493 e. The number of amides is 1. The molecule has 1 heterocycles. The fourth-order valence-electron chi connectivity index (χ4n) is 2.35. The molecule has 0 aliphatic rings. The fraction of sp³-hybridized carbons (Fsp3) is 0.111. The minimum absolute atomic E-state index is 0.171. The summed E-state index contributed by atoms with van der Waals surface area (Å²) in [6.45, 7) is 0.399. The van der Waals surface area contributed by atoms with Crippen molar-refractivity contribution in [1.82, 2.24) is 4.98 Å². The predicted molar refractivity (Wildman–Crippen MR) is 92.6 cm³/mol. The van der Waals surface area contributed by atoms with Crippen LogP contribution in [0.15, 0.2) is 48.7 Å². The van der Waals surface area contributed by atoms with Gasteiger partial charge in [-0.3, -0.25) is 9.78 Å². The first kappa shape index (κ1) is 16.1. The molecule has 1 aromatic heterocycles. The molecule has 0 radical (unpaired) electrons. The number of carbonyl (C=O) groups is 1. The number of methoxy groups -OCH3 is 1. The van der Waals surface area contributed by atoms with Crippen LogP contribution in [0.3, 0.4) is 0 Å². The highest BCUT2D eigenvalue weighted by atomic mass is 35.5. The van der Waals surface area contributed by atoms with Crippen LogP contribution in [-0.4, -0.2) is 18.0 Å². The third kappa shape index (κ3) is 3.12. The molecule has 0 bridgehead atoms. The minimum atomic E-state index is -0.627. The Balaban J connectivity index is 1.99. The molecule has 0 unspecified atom stereocenters. The normalized spacial score (nSPS) is 10.6. The summed E-state index contributed by atoms with van der Waals surface area (Å²) in [5.74, 6) is 0.422. The number of hydrogen-bond acceptors (Lipinski definition) is 4. The quantitative estimate of drug-likeness (QED) is 0.769. The standard InChI is InChI=1S/C18H15ClN2O3/c1-23-15-7-12-14(21-9-13(17(12)19)18(20)22)8-16(15)24-10-11-5-3-2-4-6-11/h2-9H,10H2,1H3,(H2,20,22). The summed E-state index contributed by atoms with van der Waals surface area (Å²) < 4.78 is 11.2. The van der Waals surface area contributed by atoms with Crippen LogP contribution in [0.4, 0.5) is 0 Å². The second-order valence-electron chi connectivity index (χ2n) is 5.14. The highest BCUT2D eigenvalue weighted by Gasteiger charge is 2.15. The topological polar surface area (TPSA) is 74.4 Å². The van der Waals surface area contributed by atoms with Crippen molar-refractivity contribution in [3.8, 4) is 11.5 Å². The number of nitrogens with two attached hydrogens (primary N) is 1. The molecule has 0 saturated carbocycles. The van der Waals surface area contributed by atoms with E-state index in [4.69, 9.17) is 26.8 Å². The number of rotatable bonds is 5. The van der Waals surface area contributed by atoms with Crippen molar-refractivity contribution >= 4 is 28.4 Å². The second kappa shape index (κ2) is 6.76. The van der Waals surface area contributed by atoms with Crippen molar-refractivity contribution in [1.29, 1.82) is 0 Å². The molecule has 0 spiro atoms. The monoisotopic (exact) mass is 342 g/mol. The summed E-state index contributed by atoms with van der Waals surface area (Å²) in [4.78, 5) is 15.6. The molecule has 0 saturated heterocycles. The van der Waals surface area contributed by atoms with E-state index in [0.29, 0.717) is 29.0 Å². The molecule has 24 heavy (non-hydrogen) atoms. The molecule has 3 rings (SSSR count). The second-order valence-corrected chi connectivity index (χ2v) is 5.52. The molecule has 3 aromatic rings. The zero-order valence-corrected chi connectivity index (χ0v) is 13.7. The van der Waals surface area contributed by atoms with Crippen LogP contribution in [0.5, 0.6) is 11.5 Å². The van der Waals surface area contributed by atoms with Gasteiger partial charge in [0, 0.05) is 17.6 Å².